The lowest BCUT2D eigenvalue weighted by Gasteiger charge is -2.64. The summed E-state index contributed by atoms with van der Waals surface area (Å²) < 4.78 is 4.86. The fourth-order valence-corrected chi connectivity index (χ4v) is 5.32. The van der Waals surface area contributed by atoms with Crippen molar-refractivity contribution in [3.8, 4) is 17.3 Å². The van der Waals surface area contributed by atoms with Crippen LogP contribution in [0.1, 0.15) is 18.4 Å². The minimum absolute atomic E-state index is 0.146. The predicted molar refractivity (Wildman–Crippen MR) is 121 cm³/mol. The summed E-state index contributed by atoms with van der Waals surface area (Å²) in [5.74, 6) is -0.495. The van der Waals surface area contributed by atoms with Gasteiger partial charge in [-0.1, -0.05) is 12.1 Å². The smallest absolute Gasteiger partial charge is 0.310 e. The Hall–Kier alpha value is -3.70. The van der Waals surface area contributed by atoms with Crippen molar-refractivity contribution in [2.24, 2.45) is 17.3 Å². The van der Waals surface area contributed by atoms with E-state index < -0.39 is 5.41 Å². The summed E-state index contributed by atoms with van der Waals surface area (Å²) in [6, 6.07) is 17.2. The molecule has 2 aromatic carbocycles. The maximum Gasteiger partial charge on any atom is 0.310 e. The summed E-state index contributed by atoms with van der Waals surface area (Å²) in [4.78, 5) is 29.4. The first-order valence-electron chi connectivity index (χ1n) is 10.2. The number of hydrogen-bond donors (Lipinski definition) is 2. The van der Waals surface area contributed by atoms with Crippen molar-refractivity contribution in [2.45, 2.75) is 12.8 Å². The van der Waals surface area contributed by atoms with Gasteiger partial charge in [-0.15, -0.1) is 11.3 Å². The molecular formula is C24H20N4O3S. The van der Waals surface area contributed by atoms with Crippen molar-refractivity contribution in [3.05, 3.63) is 59.5 Å². The zero-order valence-electron chi connectivity index (χ0n) is 17.3. The fourth-order valence-electron chi connectivity index (χ4n) is 4.60. The Morgan fingerprint density at radius 3 is 2.62 bits per heavy atom. The molecule has 1 aromatic heterocycles. The van der Waals surface area contributed by atoms with Gasteiger partial charge in [-0.2, -0.15) is 5.26 Å². The molecule has 0 spiro atoms. The van der Waals surface area contributed by atoms with Gasteiger partial charge in [0.1, 0.15) is 0 Å². The van der Waals surface area contributed by atoms with Crippen LogP contribution < -0.4 is 10.6 Å². The molecule has 2 N–H and O–H groups in total. The predicted octanol–water partition coefficient (Wildman–Crippen LogP) is 4.56. The van der Waals surface area contributed by atoms with Crippen LogP contribution in [0.3, 0.4) is 0 Å². The monoisotopic (exact) mass is 444 g/mol. The maximum atomic E-state index is 12.9. The molecule has 0 radical (unpaired) electrons. The number of methoxy groups -OCH3 is 1. The number of benzene rings is 2. The van der Waals surface area contributed by atoms with Crippen LogP contribution in [0.4, 0.5) is 16.5 Å². The van der Waals surface area contributed by atoms with E-state index in [1.54, 1.807) is 12.1 Å². The Morgan fingerprint density at radius 2 is 1.97 bits per heavy atom. The zero-order valence-corrected chi connectivity index (χ0v) is 18.1. The van der Waals surface area contributed by atoms with E-state index >= 15 is 0 Å². The molecule has 3 aromatic rings. The van der Waals surface area contributed by atoms with E-state index in [0.717, 1.165) is 35.5 Å². The molecule has 1 atom stereocenters. The van der Waals surface area contributed by atoms with E-state index in [-0.39, 0.29) is 23.7 Å². The lowest BCUT2D eigenvalue weighted by Crippen LogP contribution is -2.69. The van der Waals surface area contributed by atoms with Crippen LogP contribution in [0.2, 0.25) is 0 Å². The Balaban J connectivity index is 1.28. The number of ether oxygens (including phenoxy) is 1. The molecule has 160 valence electrons. The first-order valence-corrected chi connectivity index (χ1v) is 11.1. The van der Waals surface area contributed by atoms with E-state index in [2.05, 4.69) is 21.7 Å². The van der Waals surface area contributed by atoms with Crippen LogP contribution in [0, 0.1) is 28.6 Å². The average Bonchev–Trinajstić information content (AvgIpc) is 3.21. The lowest BCUT2D eigenvalue weighted by molar-refractivity contribution is -0.211. The molecule has 6 rings (SSSR count). The molecule has 3 aliphatic rings. The third-order valence-corrected chi connectivity index (χ3v) is 7.17. The topological polar surface area (TPSA) is 104 Å². The third-order valence-electron chi connectivity index (χ3n) is 6.41. The third kappa shape index (κ3) is 3.31. The van der Waals surface area contributed by atoms with Gasteiger partial charge >= 0.3 is 5.97 Å². The molecular weight excluding hydrogens is 424 g/mol. The fraction of sp³-hybridized carbons (Fsp3) is 0.250. The highest BCUT2D eigenvalue weighted by Crippen LogP contribution is 2.69. The molecule has 3 aliphatic carbocycles. The minimum atomic E-state index is -0.630. The number of nitrogens with one attached hydrogen (secondary N) is 2. The second-order valence-corrected chi connectivity index (χ2v) is 9.07. The van der Waals surface area contributed by atoms with Gasteiger partial charge in [0.05, 0.1) is 35.8 Å². The van der Waals surface area contributed by atoms with Gasteiger partial charge in [-0.05, 0) is 55.2 Å². The Kier molecular flexibility index (Phi) is 4.91. The number of amides is 1. The van der Waals surface area contributed by atoms with Crippen molar-refractivity contribution >= 4 is 39.7 Å². The number of carbonyl (C=O) groups excluding carboxylic acids is 2. The normalized spacial score (nSPS) is 22.6. The Morgan fingerprint density at radius 1 is 1.19 bits per heavy atom. The molecule has 2 bridgehead atoms. The summed E-state index contributed by atoms with van der Waals surface area (Å²) in [5, 5.41) is 17.6. The standard InChI is InChI=1S/C24H20N4O3S/c1-31-21(29)20-16-10-24(20,11-16)22(30)28-23-27-19(13-32-23)15-3-2-4-18(9-15)26-17-7-5-14(12-25)6-8-17/h2-9,13,16,20,26H,10-11H2,1H3,(H,27,28,30). The number of nitriles is 1. The summed E-state index contributed by atoms with van der Waals surface area (Å²) in [7, 11) is 1.36. The minimum Gasteiger partial charge on any atom is -0.469 e. The molecule has 0 aliphatic heterocycles. The second-order valence-electron chi connectivity index (χ2n) is 8.21. The van der Waals surface area contributed by atoms with Gasteiger partial charge in [-0.3, -0.25) is 9.59 Å². The number of nitrogens with zero attached hydrogens (tertiary/aromatic N) is 2. The number of aromatic nitrogens is 1. The Labute approximate surface area is 189 Å². The molecule has 1 heterocycles. The van der Waals surface area contributed by atoms with E-state index in [4.69, 9.17) is 10.00 Å². The molecule has 0 saturated heterocycles. The van der Waals surface area contributed by atoms with E-state index in [1.165, 1.54) is 18.4 Å². The number of carbonyl (C=O) groups is 2. The number of hydrogen-bond acceptors (Lipinski definition) is 7. The summed E-state index contributed by atoms with van der Waals surface area (Å²) in [6.45, 7) is 0. The SMILES string of the molecule is COC(=O)C1C2CC1(C(=O)Nc1nc(-c3cccc(Nc4ccc(C#N)cc4)c3)cs1)C2. The molecule has 3 fully saturated rings. The molecule has 7 nitrogen and oxygen atoms in total. The largest absolute Gasteiger partial charge is 0.469 e. The van der Waals surface area contributed by atoms with Crippen LogP contribution in [-0.4, -0.2) is 24.0 Å². The van der Waals surface area contributed by atoms with Crippen LogP contribution in [0.15, 0.2) is 53.9 Å². The highest BCUT2D eigenvalue weighted by molar-refractivity contribution is 7.14. The summed E-state index contributed by atoms with van der Waals surface area (Å²) >= 11 is 1.36. The number of rotatable bonds is 6. The van der Waals surface area contributed by atoms with Gasteiger partial charge in [0.2, 0.25) is 5.91 Å². The lowest BCUT2D eigenvalue weighted by atomic mass is 9.37. The molecule has 3 saturated carbocycles. The van der Waals surface area contributed by atoms with E-state index in [1.807, 2.05) is 41.8 Å². The number of thiazole rings is 1. The first-order chi connectivity index (χ1) is 15.5. The van der Waals surface area contributed by atoms with Crippen LogP contribution >= 0.6 is 11.3 Å². The molecule has 1 unspecified atom stereocenters. The highest BCUT2D eigenvalue weighted by Gasteiger charge is 2.72. The van der Waals surface area contributed by atoms with Gasteiger partial charge in [-0.25, -0.2) is 4.98 Å². The second kappa shape index (κ2) is 7.77. The average molecular weight is 445 g/mol. The van der Waals surface area contributed by atoms with Gasteiger partial charge in [0.15, 0.2) is 5.13 Å². The van der Waals surface area contributed by atoms with Crippen molar-refractivity contribution < 1.29 is 14.3 Å². The molecule has 32 heavy (non-hydrogen) atoms. The van der Waals surface area contributed by atoms with Crippen molar-refractivity contribution in [1.29, 1.82) is 5.26 Å². The van der Waals surface area contributed by atoms with Gasteiger partial charge < -0.3 is 15.4 Å². The Bertz CT molecular complexity index is 1240. The first kappa shape index (κ1) is 20.2. The van der Waals surface area contributed by atoms with E-state index in [0.29, 0.717) is 10.7 Å². The van der Waals surface area contributed by atoms with Crippen molar-refractivity contribution in [2.75, 3.05) is 17.7 Å². The molecule has 1 amide bonds. The van der Waals surface area contributed by atoms with Crippen molar-refractivity contribution in [1.82, 2.24) is 4.98 Å². The van der Waals surface area contributed by atoms with Gasteiger partial charge in [0.25, 0.3) is 0 Å². The van der Waals surface area contributed by atoms with Gasteiger partial charge in [0, 0.05) is 22.3 Å². The zero-order chi connectivity index (χ0) is 22.3. The van der Waals surface area contributed by atoms with Crippen LogP contribution in [0.5, 0.6) is 0 Å². The summed E-state index contributed by atoms with van der Waals surface area (Å²) in [5.41, 5.74) is 3.42. The van der Waals surface area contributed by atoms with E-state index in [9.17, 15) is 9.59 Å². The quantitative estimate of drug-likeness (QED) is 0.540. The molecule has 8 heteroatoms. The number of esters is 1. The maximum absolute atomic E-state index is 12.9. The van der Waals surface area contributed by atoms with Crippen molar-refractivity contribution in [3.63, 3.8) is 0 Å². The van der Waals surface area contributed by atoms with Crippen LogP contribution in [-0.2, 0) is 14.3 Å². The highest BCUT2D eigenvalue weighted by atomic mass is 32.1. The number of anilines is 3. The summed E-state index contributed by atoms with van der Waals surface area (Å²) in [6.07, 6.45) is 1.47. The van der Waals surface area contributed by atoms with Crippen LogP contribution in [0.25, 0.3) is 11.3 Å².